The van der Waals surface area contributed by atoms with E-state index in [0.717, 1.165) is 12.8 Å². The number of carbonyl (C=O) groups excluding carboxylic acids is 2. The van der Waals surface area contributed by atoms with Crippen LogP contribution in [-0.4, -0.2) is 11.9 Å². The standard InChI is InChI=1S/C14H22O3/c1-13(2,3)7-6-8-9-10(14(9,4)5)12(16)17-11(8)15/h8-10H,6-7H2,1-5H3. The van der Waals surface area contributed by atoms with E-state index in [0.29, 0.717) is 0 Å². The third-order valence-corrected chi connectivity index (χ3v) is 4.31. The van der Waals surface area contributed by atoms with Crippen molar-refractivity contribution in [1.82, 2.24) is 0 Å². The highest BCUT2D eigenvalue weighted by molar-refractivity contribution is 5.94. The summed E-state index contributed by atoms with van der Waals surface area (Å²) in [5, 5.41) is 0. The molecular weight excluding hydrogens is 216 g/mol. The van der Waals surface area contributed by atoms with Gasteiger partial charge in [0.2, 0.25) is 0 Å². The molecule has 0 N–H and O–H groups in total. The lowest BCUT2D eigenvalue weighted by molar-refractivity contribution is -0.168. The minimum Gasteiger partial charge on any atom is -0.393 e. The Bertz CT molecular complexity index is 362. The quantitative estimate of drug-likeness (QED) is 0.549. The van der Waals surface area contributed by atoms with Crippen molar-refractivity contribution in [3.63, 3.8) is 0 Å². The van der Waals surface area contributed by atoms with Crippen LogP contribution < -0.4 is 0 Å². The van der Waals surface area contributed by atoms with Gasteiger partial charge >= 0.3 is 11.9 Å². The van der Waals surface area contributed by atoms with E-state index < -0.39 is 0 Å². The van der Waals surface area contributed by atoms with Gasteiger partial charge in [0.25, 0.3) is 0 Å². The second kappa shape index (κ2) is 3.56. The van der Waals surface area contributed by atoms with E-state index >= 15 is 0 Å². The molecule has 3 atom stereocenters. The molecule has 0 amide bonds. The zero-order valence-corrected chi connectivity index (χ0v) is 11.4. The third-order valence-electron chi connectivity index (χ3n) is 4.31. The van der Waals surface area contributed by atoms with Crippen LogP contribution in [0.4, 0.5) is 0 Å². The van der Waals surface area contributed by atoms with Crippen molar-refractivity contribution in [1.29, 1.82) is 0 Å². The lowest BCUT2D eigenvalue weighted by atomic mass is 9.83. The van der Waals surface area contributed by atoms with Crippen LogP contribution in [0.1, 0.15) is 47.5 Å². The molecule has 0 bridgehead atoms. The molecule has 2 aliphatic rings. The maximum Gasteiger partial charge on any atom is 0.317 e. The Morgan fingerprint density at radius 1 is 1.18 bits per heavy atom. The molecule has 2 rings (SSSR count). The first-order valence-electron chi connectivity index (χ1n) is 6.40. The molecule has 1 heterocycles. The molecule has 0 aromatic heterocycles. The predicted octanol–water partition coefficient (Wildman–Crippen LogP) is 2.78. The van der Waals surface area contributed by atoms with Gasteiger partial charge in [0, 0.05) is 0 Å². The summed E-state index contributed by atoms with van der Waals surface area (Å²) in [5.41, 5.74) is 0.169. The van der Waals surface area contributed by atoms with E-state index in [1.54, 1.807) is 0 Å². The molecule has 3 heteroatoms. The molecule has 0 radical (unpaired) electrons. The Morgan fingerprint density at radius 3 is 2.29 bits per heavy atom. The molecule has 1 aliphatic carbocycles. The van der Waals surface area contributed by atoms with Gasteiger partial charge < -0.3 is 4.74 Å². The number of ether oxygens (including phenoxy) is 1. The summed E-state index contributed by atoms with van der Waals surface area (Å²) in [5.74, 6) is -0.529. The fourth-order valence-corrected chi connectivity index (χ4v) is 3.15. The van der Waals surface area contributed by atoms with E-state index in [1.165, 1.54) is 0 Å². The molecule has 96 valence electrons. The number of cyclic esters (lactones) is 2. The molecule has 1 saturated heterocycles. The van der Waals surface area contributed by atoms with E-state index in [4.69, 9.17) is 4.74 Å². The van der Waals surface area contributed by atoms with E-state index in [-0.39, 0.29) is 40.5 Å². The van der Waals surface area contributed by atoms with Crippen molar-refractivity contribution in [2.45, 2.75) is 47.5 Å². The van der Waals surface area contributed by atoms with Crippen LogP contribution in [0, 0.1) is 28.6 Å². The molecule has 2 fully saturated rings. The van der Waals surface area contributed by atoms with Crippen molar-refractivity contribution >= 4 is 11.9 Å². The lowest BCUT2D eigenvalue weighted by Gasteiger charge is -2.24. The molecule has 1 aliphatic heterocycles. The fraction of sp³-hybridized carbons (Fsp3) is 0.857. The Labute approximate surface area is 103 Å². The van der Waals surface area contributed by atoms with Gasteiger partial charge in [-0.05, 0) is 29.6 Å². The van der Waals surface area contributed by atoms with Crippen LogP contribution in [0.25, 0.3) is 0 Å². The zero-order chi connectivity index (χ0) is 13.0. The number of fused-ring (bicyclic) bond motifs is 1. The van der Waals surface area contributed by atoms with E-state index in [2.05, 4.69) is 34.6 Å². The Balaban J connectivity index is 2.08. The van der Waals surface area contributed by atoms with Gasteiger partial charge in [-0.1, -0.05) is 34.6 Å². The minimum atomic E-state index is -0.308. The van der Waals surface area contributed by atoms with Crippen molar-refractivity contribution in [3.05, 3.63) is 0 Å². The maximum atomic E-state index is 11.8. The van der Waals surface area contributed by atoms with Crippen LogP contribution in [0.2, 0.25) is 0 Å². The second-order valence-electron chi connectivity index (χ2n) is 7.27. The summed E-state index contributed by atoms with van der Waals surface area (Å²) in [6, 6.07) is 0. The van der Waals surface area contributed by atoms with Crippen LogP contribution in [0.5, 0.6) is 0 Å². The second-order valence-corrected chi connectivity index (χ2v) is 7.27. The summed E-state index contributed by atoms with van der Waals surface area (Å²) in [6.07, 6.45) is 1.82. The van der Waals surface area contributed by atoms with Gasteiger partial charge in [0.1, 0.15) is 0 Å². The van der Waals surface area contributed by atoms with Crippen LogP contribution in [0.3, 0.4) is 0 Å². The minimum absolute atomic E-state index is 0.0498. The smallest absolute Gasteiger partial charge is 0.317 e. The van der Waals surface area contributed by atoms with Gasteiger partial charge in [-0.25, -0.2) is 0 Å². The van der Waals surface area contributed by atoms with Crippen LogP contribution in [-0.2, 0) is 14.3 Å². The van der Waals surface area contributed by atoms with Crippen molar-refractivity contribution < 1.29 is 14.3 Å². The first-order chi connectivity index (χ1) is 7.64. The number of rotatable bonds is 2. The van der Waals surface area contributed by atoms with Gasteiger partial charge in [-0.15, -0.1) is 0 Å². The Kier molecular flexibility index (Phi) is 2.64. The average Bonchev–Trinajstić information content (AvgIpc) is 2.67. The summed E-state index contributed by atoms with van der Waals surface area (Å²) < 4.78 is 4.88. The summed E-state index contributed by atoms with van der Waals surface area (Å²) in [4.78, 5) is 23.4. The van der Waals surface area contributed by atoms with Crippen LogP contribution in [0.15, 0.2) is 0 Å². The maximum absolute atomic E-state index is 11.8. The van der Waals surface area contributed by atoms with Crippen molar-refractivity contribution in [2.24, 2.45) is 28.6 Å². The highest BCUT2D eigenvalue weighted by atomic mass is 16.6. The lowest BCUT2D eigenvalue weighted by Crippen LogP contribution is -2.31. The molecule has 0 aromatic carbocycles. The molecule has 3 nitrogen and oxygen atoms in total. The number of hydrogen-bond donors (Lipinski definition) is 0. The first kappa shape index (κ1) is 12.6. The third kappa shape index (κ3) is 2.12. The van der Waals surface area contributed by atoms with Crippen molar-refractivity contribution in [3.8, 4) is 0 Å². The van der Waals surface area contributed by atoms with Gasteiger partial charge in [-0.3, -0.25) is 9.59 Å². The first-order valence-corrected chi connectivity index (χ1v) is 6.40. The molecule has 0 spiro atoms. The van der Waals surface area contributed by atoms with Gasteiger partial charge in [-0.2, -0.15) is 0 Å². The summed E-state index contributed by atoms with van der Waals surface area (Å²) >= 11 is 0. The van der Waals surface area contributed by atoms with E-state index in [1.807, 2.05) is 0 Å². The highest BCUT2D eigenvalue weighted by Gasteiger charge is 2.69. The van der Waals surface area contributed by atoms with E-state index in [9.17, 15) is 9.59 Å². The Hall–Kier alpha value is -0.860. The number of esters is 2. The topological polar surface area (TPSA) is 43.4 Å². The summed E-state index contributed by atoms with van der Waals surface area (Å²) in [6.45, 7) is 10.6. The molecule has 1 saturated carbocycles. The average molecular weight is 238 g/mol. The Morgan fingerprint density at radius 2 is 1.76 bits per heavy atom. The highest BCUT2D eigenvalue weighted by Crippen LogP contribution is 2.65. The number of hydrogen-bond acceptors (Lipinski definition) is 3. The van der Waals surface area contributed by atoms with Gasteiger partial charge in [0.05, 0.1) is 11.8 Å². The predicted molar refractivity (Wildman–Crippen MR) is 64.0 cm³/mol. The normalized spacial score (nSPS) is 35.2. The molecule has 0 aromatic rings. The monoisotopic (exact) mass is 238 g/mol. The fourth-order valence-electron chi connectivity index (χ4n) is 3.15. The SMILES string of the molecule is CC(C)(C)CCC1C(=O)OC(=O)C2C1C2(C)C. The number of carbonyl (C=O) groups is 2. The van der Waals surface area contributed by atoms with Gasteiger partial charge in [0.15, 0.2) is 0 Å². The van der Waals surface area contributed by atoms with Crippen LogP contribution >= 0.6 is 0 Å². The summed E-state index contributed by atoms with van der Waals surface area (Å²) in [7, 11) is 0. The molecule has 3 unspecified atom stereocenters. The largest absolute Gasteiger partial charge is 0.393 e. The van der Waals surface area contributed by atoms with Crippen molar-refractivity contribution in [2.75, 3.05) is 0 Å². The molecule has 17 heavy (non-hydrogen) atoms. The molecular formula is C14H22O3. The zero-order valence-electron chi connectivity index (χ0n) is 11.4.